The summed E-state index contributed by atoms with van der Waals surface area (Å²) in [6.45, 7) is 3.91. The molecule has 0 aromatic carbocycles. The standard InChI is InChI=1S/C13H18Cl2N4O/c1-7(2)17-12(20)8-4-3-5-10(8)18-11-9(14)6-16-13(15)19-11/h6-8,10H,3-5H2,1-2H3,(H,17,20)(H,16,18,19)/t8-,10+/m0/s1. The van der Waals surface area contributed by atoms with Gasteiger partial charge in [-0.25, -0.2) is 4.98 Å². The molecule has 1 fully saturated rings. The highest BCUT2D eigenvalue weighted by Crippen LogP contribution is 2.30. The third-order valence-electron chi connectivity index (χ3n) is 3.32. The Kier molecular flexibility index (Phi) is 5.05. The van der Waals surface area contributed by atoms with Gasteiger partial charge in [0.25, 0.3) is 0 Å². The first kappa shape index (κ1) is 15.3. The molecule has 1 saturated carbocycles. The van der Waals surface area contributed by atoms with E-state index < -0.39 is 0 Å². The fourth-order valence-corrected chi connectivity index (χ4v) is 2.74. The molecule has 7 heteroatoms. The van der Waals surface area contributed by atoms with Crippen molar-refractivity contribution in [3.8, 4) is 0 Å². The van der Waals surface area contributed by atoms with E-state index in [0.29, 0.717) is 10.8 Å². The van der Waals surface area contributed by atoms with Crippen LogP contribution in [0.2, 0.25) is 10.3 Å². The maximum atomic E-state index is 12.2. The largest absolute Gasteiger partial charge is 0.365 e. The molecule has 1 aromatic rings. The van der Waals surface area contributed by atoms with Crippen LogP contribution in [-0.2, 0) is 4.79 Å². The number of nitrogens with zero attached hydrogens (tertiary/aromatic N) is 2. The Labute approximate surface area is 128 Å². The van der Waals surface area contributed by atoms with Crippen LogP contribution in [0.15, 0.2) is 6.20 Å². The summed E-state index contributed by atoms with van der Waals surface area (Å²) < 4.78 is 0. The number of carbonyl (C=O) groups excluding carboxylic acids is 1. The smallest absolute Gasteiger partial charge is 0.225 e. The van der Waals surface area contributed by atoms with Crippen molar-refractivity contribution >= 4 is 34.9 Å². The summed E-state index contributed by atoms with van der Waals surface area (Å²) >= 11 is 11.8. The van der Waals surface area contributed by atoms with E-state index >= 15 is 0 Å². The first-order valence-corrected chi connectivity index (χ1v) is 7.48. The topological polar surface area (TPSA) is 66.9 Å². The lowest BCUT2D eigenvalue weighted by atomic mass is 10.0. The Morgan fingerprint density at radius 1 is 1.40 bits per heavy atom. The summed E-state index contributed by atoms with van der Waals surface area (Å²) in [4.78, 5) is 20.0. The quantitative estimate of drug-likeness (QED) is 0.838. The molecule has 0 saturated heterocycles. The van der Waals surface area contributed by atoms with Crippen molar-refractivity contribution in [2.24, 2.45) is 5.92 Å². The summed E-state index contributed by atoms with van der Waals surface area (Å²) in [5.74, 6) is 0.495. The summed E-state index contributed by atoms with van der Waals surface area (Å²) in [6, 6.07) is 0.165. The van der Waals surface area contributed by atoms with Gasteiger partial charge in [-0.2, -0.15) is 4.98 Å². The minimum Gasteiger partial charge on any atom is -0.365 e. The molecule has 0 unspecified atom stereocenters. The lowest BCUT2D eigenvalue weighted by Gasteiger charge is -2.22. The Morgan fingerprint density at radius 3 is 2.85 bits per heavy atom. The van der Waals surface area contributed by atoms with Gasteiger partial charge < -0.3 is 10.6 Å². The Morgan fingerprint density at radius 2 is 2.15 bits per heavy atom. The highest BCUT2D eigenvalue weighted by atomic mass is 35.5. The lowest BCUT2D eigenvalue weighted by Crippen LogP contribution is -2.41. The molecule has 1 aliphatic rings. The zero-order valence-electron chi connectivity index (χ0n) is 11.5. The lowest BCUT2D eigenvalue weighted by molar-refractivity contribution is -0.125. The number of amides is 1. The minimum atomic E-state index is -0.0674. The average Bonchev–Trinajstić information content (AvgIpc) is 2.81. The Hall–Kier alpha value is -1.07. The third kappa shape index (κ3) is 3.73. The molecular formula is C13H18Cl2N4O. The molecule has 1 heterocycles. The van der Waals surface area contributed by atoms with Crippen LogP contribution in [-0.4, -0.2) is 28.0 Å². The van der Waals surface area contributed by atoms with Crippen LogP contribution in [0, 0.1) is 5.92 Å². The molecule has 0 bridgehead atoms. The Balaban J connectivity index is 2.07. The predicted molar refractivity (Wildman–Crippen MR) is 80.1 cm³/mol. The summed E-state index contributed by atoms with van der Waals surface area (Å²) in [6.07, 6.45) is 4.24. The van der Waals surface area contributed by atoms with Gasteiger partial charge in [0.05, 0.1) is 12.1 Å². The molecule has 20 heavy (non-hydrogen) atoms. The fourth-order valence-electron chi connectivity index (χ4n) is 2.46. The van der Waals surface area contributed by atoms with Crippen LogP contribution >= 0.6 is 23.2 Å². The maximum Gasteiger partial charge on any atom is 0.225 e. The monoisotopic (exact) mass is 316 g/mol. The van der Waals surface area contributed by atoms with Crippen LogP contribution in [0.1, 0.15) is 33.1 Å². The number of halogens is 2. The van der Waals surface area contributed by atoms with Crippen molar-refractivity contribution in [2.75, 3.05) is 5.32 Å². The van der Waals surface area contributed by atoms with E-state index in [1.165, 1.54) is 6.20 Å². The second kappa shape index (κ2) is 6.59. The van der Waals surface area contributed by atoms with Crippen LogP contribution in [0.4, 0.5) is 5.82 Å². The van der Waals surface area contributed by atoms with Gasteiger partial charge in [-0.1, -0.05) is 18.0 Å². The molecule has 5 nitrogen and oxygen atoms in total. The third-order valence-corrected chi connectivity index (χ3v) is 3.78. The second-order valence-electron chi connectivity index (χ2n) is 5.29. The van der Waals surface area contributed by atoms with Crippen molar-refractivity contribution in [2.45, 2.75) is 45.2 Å². The average molecular weight is 317 g/mol. The number of rotatable bonds is 4. The fraction of sp³-hybridized carbons (Fsp3) is 0.615. The zero-order chi connectivity index (χ0) is 14.7. The van der Waals surface area contributed by atoms with Crippen molar-refractivity contribution in [3.63, 3.8) is 0 Å². The van der Waals surface area contributed by atoms with Gasteiger partial charge in [0.15, 0.2) is 0 Å². The number of hydrogen-bond donors (Lipinski definition) is 2. The van der Waals surface area contributed by atoms with E-state index in [4.69, 9.17) is 23.2 Å². The van der Waals surface area contributed by atoms with Crippen molar-refractivity contribution in [3.05, 3.63) is 16.5 Å². The molecule has 0 spiro atoms. The molecule has 0 radical (unpaired) electrons. The van der Waals surface area contributed by atoms with Crippen molar-refractivity contribution < 1.29 is 4.79 Å². The van der Waals surface area contributed by atoms with E-state index in [1.807, 2.05) is 13.8 Å². The van der Waals surface area contributed by atoms with Crippen molar-refractivity contribution in [1.82, 2.24) is 15.3 Å². The van der Waals surface area contributed by atoms with E-state index in [-0.39, 0.29) is 29.2 Å². The summed E-state index contributed by atoms with van der Waals surface area (Å²) in [5, 5.41) is 6.73. The first-order valence-electron chi connectivity index (χ1n) is 6.72. The number of hydrogen-bond acceptors (Lipinski definition) is 4. The number of aromatic nitrogens is 2. The predicted octanol–water partition coefficient (Wildman–Crippen LogP) is 2.89. The summed E-state index contributed by atoms with van der Waals surface area (Å²) in [7, 11) is 0. The molecule has 110 valence electrons. The molecule has 2 rings (SSSR count). The Bertz CT molecular complexity index is 495. The van der Waals surface area contributed by atoms with Gasteiger partial charge in [0.2, 0.25) is 11.2 Å². The van der Waals surface area contributed by atoms with Gasteiger partial charge in [0, 0.05) is 12.1 Å². The molecule has 2 atom stereocenters. The maximum absolute atomic E-state index is 12.2. The van der Waals surface area contributed by atoms with Gasteiger partial charge in [-0.15, -0.1) is 0 Å². The van der Waals surface area contributed by atoms with Gasteiger partial charge >= 0.3 is 0 Å². The van der Waals surface area contributed by atoms with E-state index in [9.17, 15) is 4.79 Å². The number of nitrogens with one attached hydrogen (secondary N) is 2. The van der Waals surface area contributed by atoms with Gasteiger partial charge in [-0.05, 0) is 38.3 Å². The second-order valence-corrected chi connectivity index (χ2v) is 6.03. The molecular weight excluding hydrogens is 299 g/mol. The minimum absolute atomic E-state index is 0.0252. The normalized spacial score (nSPS) is 22.1. The van der Waals surface area contributed by atoms with E-state index in [1.54, 1.807) is 0 Å². The van der Waals surface area contributed by atoms with Crippen LogP contribution in [0.5, 0.6) is 0 Å². The highest BCUT2D eigenvalue weighted by molar-refractivity contribution is 6.33. The van der Waals surface area contributed by atoms with E-state index in [2.05, 4.69) is 20.6 Å². The molecule has 1 amide bonds. The molecule has 1 aromatic heterocycles. The first-order chi connectivity index (χ1) is 9.47. The molecule has 1 aliphatic carbocycles. The SMILES string of the molecule is CC(C)NC(=O)[C@H]1CCC[C@H]1Nc1nc(Cl)ncc1Cl. The molecule has 2 N–H and O–H groups in total. The van der Waals surface area contributed by atoms with Crippen LogP contribution < -0.4 is 10.6 Å². The highest BCUT2D eigenvalue weighted by Gasteiger charge is 2.33. The van der Waals surface area contributed by atoms with Crippen LogP contribution in [0.25, 0.3) is 0 Å². The zero-order valence-corrected chi connectivity index (χ0v) is 13.0. The molecule has 0 aliphatic heterocycles. The van der Waals surface area contributed by atoms with E-state index in [0.717, 1.165) is 19.3 Å². The number of anilines is 1. The number of carbonyl (C=O) groups is 1. The summed E-state index contributed by atoms with van der Waals surface area (Å²) in [5.41, 5.74) is 0. The van der Waals surface area contributed by atoms with Gasteiger partial charge in [-0.3, -0.25) is 4.79 Å². The van der Waals surface area contributed by atoms with Crippen molar-refractivity contribution in [1.29, 1.82) is 0 Å². The van der Waals surface area contributed by atoms with Gasteiger partial charge in [0.1, 0.15) is 10.8 Å². The van der Waals surface area contributed by atoms with Crippen LogP contribution in [0.3, 0.4) is 0 Å².